The van der Waals surface area contributed by atoms with Gasteiger partial charge in [-0.25, -0.2) is 19.9 Å². The first-order valence-electron chi connectivity index (χ1n) is 7.17. The van der Waals surface area contributed by atoms with Crippen LogP contribution in [0.25, 0.3) is 11.3 Å². The van der Waals surface area contributed by atoms with Crippen LogP contribution in [0.15, 0.2) is 18.7 Å². The number of nitrogens with zero attached hydrogens (tertiary/aromatic N) is 4. The van der Waals surface area contributed by atoms with E-state index in [0.29, 0.717) is 5.92 Å². The van der Waals surface area contributed by atoms with Crippen molar-refractivity contribution in [2.75, 3.05) is 11.9 Å². The Balaban J connectivity index is 2.05. The minimum absolute atomic E-state index is 0.529. The fourth-order valence-corrected chi connectivity index (χ4v) is 2.18. The summed E-state index contributed by atoms with van der Waals surface area (Å²) in [6.45, 7) is 5.13. The van der Waals surface area contributed by atoms with E-state index in [9.17, 15) is 0 Å². The first-order valence-corrected chi connectivity index (χ1v) is 7.17. The number of hydrogen-bond acceptors (Lipinski definition) is 5. The van der Waals surface area contributed by atoms with E-state index in [1.54, 1.807) is 0 Å². The average molecular weight is 269 g/mol. The lowest BCUT2D eigenvalue weighted by Crippen LogP contribution is -2.08. The van der Waals surface area contributed by atoms with E-state index in [1.807, 2.05) is 12.4 Å². The second-order valence-electron chi connectivity index (χ2n) is 5.23. The number of nitrogens with one attached hydrogen (secondary N) is 1. The molecule has 0 atom stereocenters. The van der Waals surface area contributed by atoms with Crippen LogP contribution in [0, 0.1) is 6.92 Å². The van der Waals surface area contributed by atoms with Crippen LogP contribution >= 0.6 is 0 Å². The largest absolute Gasteiger partial charge is 0.370 e. The summed E-state index contributed by atoms with van der Waals surface area (Å²) in [5, 5.41) is 3.40. The van der Waals surface area contributed by atoms with Crippen molar-refractivity contribution >= 4 is 5.82 Å². The van der Waals surface area contributed by atoms with Gasteiger partial charge in [-0.05, 0) is 26.2 Å². The third kappa shape index (κ3) is 2.61. The highest BCUT2D eigenvalue weighted by atomic mass is 15.0. The van der Waals surface area contributed by atoms with Crippen molar-refractivity contribution in [2.24, 2.45) is 0 Å². The van der Waals surface area contributed by atoms with E-state index >= 15 is 0 Å². The van der Waals surface area contributed by atoms with Gasteiger partial charge in [-0.2, -0.15) is 0 Å². The molecule has 5 nitrogen and oxygen atoms in total. The smallest absolute Gasteiger partial charge is 0.134 e. The predicted octanol–water partition coefficient (Wildman–Crippen LogP) is 2.94. The summed E-state index contributed by atoms with van der Waals surface area (Å²) < 4.78 is 0. The van der Waals surface area contributed by atoms with Crippen LogP contribution in [-0.4, -0.2) is 26.5 Å². The van der Waals surface area contributed by atoms with Crippen LogP contribution in [0.5, 0.6) is 0 Å². The zero-order chi connectivity index (χ0) is 13.9. The number of rotatable bonds is 5. The van der Waals surface area contributed by atoms with Gasteiger partial charge in [-0.1, -0.05) is 6.92 Å². The van der Waals surface area contributed by atoms with E-state index in [1.165, 1.54) is 19.2 Å². The molecule has 0 amide bonds. The SMILES string of the molecule is CCCNc1nc(C2CC2)nc(-c2cncnc2)c1C. The van der Waals surface area contributed by atoms with Gasteiger partial charge >= 0.3 is 0 Å². The molecule has 2 aromatic rings. The normalized spacial score (nSPS) is 14.3. The lowest BCUT2D eigenvalue weighted by atomic mass is 10.1. The van der Waals surface area contributed by atoms with E-state index in [-0.39, 0.29) is 0 Å². The molecule has 0 radical (unpaired) electrons. The zero-order valence-corrected chi connectivity index (χ0v) is 11.9. The molecule has 1 N–H and O–H groups in total. The summed E-state index contributed by atoms with van der Waals surface area (Å²) in [4.78, 5) is 17.6. The maximum Gasteiger partial charge on any atom is 0.134 e. The highest BCUT2D eigenvalue weighted by Gasteiger charge is 2.28. The average Bonchev–Trinajstić information content (AvgIpc) is 3.32. The summed E-state index contributed by atoms with van der Waals surface area (Å²) in [6, 6.07) is 0. The van der Waals surface area contributed by atoms with E-state index in [2.05, 4.69) is 29.1 Å². The zero-order valence-electron chi connectivity index (χ0n) is 11.9. The maximum absolute atomic E-state index is 4.74. The number of aromatic nitrogens is 4. The molecule has 0 aromatic carbocycles. The molecule has 2 heterocycles. The minimum atomic E-state index is 0.529. The quantitative estimate of drug-likeness (QED) is 0.904. The van der Waals surface area contributed by atoms with Crippen molar-refractivity contribution < 1.29 is 0 Å². The molecule has 1 aliphatic carbocycles. The van der Waals surface area contributed by atoms with Gasteiger partial charge in [0.25, 0.3) is 0 Å². The first-order chi connectivity index (χ1) is 9.79. The third-order valence-electron chi connectivity index (χ3n) is 3.48. The molecule has 104 valence electrons. The molecule has 0 bridgehead atoms. The van der Waals surface area contributed by atoms with Gasteiger partial charge in [-0.15, -0.1) is 0 Å². The van der Waals surface area contributed by atoms with Crippen molar-refractivity contribution in [1.29, 1.82) is 0 Å². The highest BCUT2D eigenvalue weighted by Crippen LogP contribution is 2.40. The monoisotopic (exact) mass is 269 g/mol. The molecular formula is C15H19N5. The molecule has 5 heteroatoms. The molecule has 0 spiro atoms. The Morgan fingerprint density at radius 2 is 1.95 bits per heavy atom. The molecule has 3 rings (SSSR count). The van der Waals surface area contributed by atoms with Crippen molar-refractivity contribution in [1.82, 2.24) is 19.9 Å². The van der Waals surface area contributed by atoms with Crippen LogP contribution in [0.1, 0.15) is 43.5 Å². The number of hydrogen-bond donors (Lipinski definition) is 1. The van der Waals surface area contributed by atoms with Gasteiger partial charge in [0, 0.05) is 36.0 Å². The van der Waals surface area contributed by atoms with Crippen molar-refractivity contribution in [3.05, 3.63) is 30.1 Å². The molecule has 1 fully saturated rings. The Labute approximate surface area is 118 Å². The van der Waals surface area contributed by atoms with Gasteiger partial charge in [0.05, 0.1) is 5.69 Å². The Kier molecular flexibility index (Phi) is 3.58. The lowest BCUT2D eigenvalue weighted by molar-refractivity contribution is 0.901. The fraction of sp³-hybridized carbons (Fsp3) is 0.467. The van der Waals surface area contributed by atoms with Crippen molar-refractivity contribution in [2.45, 2.75) is 39.0 Å². The Morgan fingerprint density at radius 1 is 1.20 bits per heavy atom. The van der Waals surface area contributed by atoms with E-state index in [0.717, 1.165) is 41.4 Å². The summed E-state index contributed by atoms with van der Waals surface area (Å²) in [7, 11) is 0. The van der Waals surface area contributed by atoms with Gasteiger partial charge < -0.3 is 5.32 Å². The van der Waals surface area contributed by atoms with Gasteiger partial charge in [0.2, 0.25) is 0 Å². The Hall–Kier alpha value is -2.04. The minimum Gasteiger partial charge on any atom is -0.370 e. The third-order valence-corrected chi connectivity index (χ3v) is 3.48. The first kappa shape index (κ1) is 13.0. The number of anilines is 1. The maximum atomic E-state index is 4.74. The second kappa shape index (κ2) is 5.53. The van der Waals surface area contributed by atoms with Gasteiger partial charge in [0.15, 0.2) is 0 Å². The molecule has 1 aliphatic rings. The van der Waals surface area contributed by atoms with Crippen LogP contribution in [0.4, 0.5) is 5.82 Å². The van der Waals surface area contributed by atoms with E-state index in [4.69, 9.17) is 9.97 Å². The Morgan fingerprint density at radius 3 is 2.60 bits per heavy atom. The molecule has 20 heavy (non-hydrogen) atoms. The molecule has 2 aromatic heterocycles. The topological polar surface area (TPSA) is 63.6 Å². The van der Waals surface area contributed by atoms with Crippen LogP contribution in [0.3, 0.4) is 0 Å². The second-order valence-corrected chi connectivity index (χ2v) is 5.23. The molecular weight excluding hydrogens is 250 g/mol. The van der Waals surface area contributed by atoms with Crippen molar-refractivity contribution in [3.8, 4) is 11.3 Å². The van der Waals surface area contributed by atoms with Gasteiger partial charge in [-0.3, -0.25) is 0 Å². The van der Waals surface area contributed by atoms with Crippen LogP contribution < -0.4 is 5.32 Å². The fourth-order valence-electron chi connectivity index (χ4n) is 2.18. The van der Waals surface area contributed by atoms with Crippen LogP contribution in [-0.2, 0) is 0 Å². The highest BCUT2D eigenvalue weighted by molar-refractivity contribution is 5.67. The van der Waals surface area contributed by atoms with Gasteiger partial charge in [0.1, 0.15) is 18.0 Å². The predicted molar refractivity (Wildman–Crippen MR) is 78.6 cm³/mol. The standard InChI is InChI=1S/C15H19N5/c1-3-6-18-14-10(2)13(12-7-16-9-17-8-12)19-15(20-14)11-4-5-11/h7-9,11H,3-6H2,1-2H3,(H,18,19,20). The summed E-state index contributed by atoms with van der Waals surface area (Å²) in [5.41, 5.74) is 2.97. The Bertz CT molecular complexity index is 593. The molecule has 0 saturated heterocycles. The van der Waals surface area contributed by atoms with E-state index < -0.39 is 0 Å². The molecule has 0 unspecified atom stereocenters. The van der Waals surface area contributed by atoms with Crippen molar-refractivity contribution in [3.63, 3.8) is 0 Å². The molecule has 0 aliphatic heterocycles. The molecule has 1 saturated carbocycles. The summed E-state index contributed by atoms with van der Waals surface area (Å²) >= 11 is 0. The summed E-state index contributed by atoms with van der Waals surface area (Å²) in [6.07, 6.45) is 8.62. The lowest BCUT2D eigenvalue weighted by Gasteiger charge is -2.13. The van der Waals surface area contributed by atoms with Crippen LogP contribution in [0.2, 0.25) is 0 Å². The summed E-state index contributed by atoms with van der Waals surface area (Å²) in [5.74, 6) is 2.43.